The van der Waals surface area contributed by atoms with Gasteiger partial charge in [0, 0.05) is 24.7 Å². The highest BCUT2D eigenvalue weighted by Gasteiger charge is 2.27. The number of carboxylic acids is 1. The summed E-state index contributed by atoms with van der Waals surface area (Å²) in [5.74, 6) is 1.01. The first-order chi connectivity index (χ1) is 14.1. The molecule has 0 radical (unpaired) electrons. The zero-order chi connectivity index (χ0) is 20.1. The van der Waals surface area contributed by atoms with Gasteiger partial charge in [0.25, 0.3) is 0 Å². The molecule has 5 rings (SSSR count). The molecule has 0 saturated heterocycles. The minimum atomic E-state index is -0.996. The zero-order valence-electron chi connectivity index (χ0n) is 16.4. The molecule has 7 nitrogen and oxygen atoms in total. The standard InChI is InChI=1S/C22H22N4O3/c1-3-25-19-16(9-15(22(27)28)11-18(19)29-2)24-21(25)17-10-14-5-4-8-23-20(14)26(17)12-13-6-7-13/h4-5,8-11,13H,3,6-7,12H2,1-2H3,(H,27,28). The Balaban J connectivity index is 1.80. The van der Waals surface area contributed by atoms with Crippen LogP contribution in [0.25, 0.3) is 33.6 Å². The summed E-state index contributed by atoms with van der Waals surface area (Å²) in [4.78, 5) is 21.0. The number of benzene rings is 1. The third kappa shape index (κ3) is 2.85. The summed E-state index contributed by atoms with van der Waals surface area (Å²) in [6.07, 6.45) is 4.30. The molecule has 3 aromatic heterocycles. The van der Waals surface area contributed by atoms with Crippen molar-refractivity contribution in [3.05, 3.63) is 42.1 Å². The Labute approximate surface area is 167 Å². The molecule has 0 aliphatic heterocycles. The minimum Gasteiger partial charge on any atom is -0.494 e. The molecule has 148 valence electrons. The van der Waals surface area contributed by atoms with Gasteiger partial charge in [0.15, 0.2) is 5.82 Å². The lowest BCUT2D eigenvalue weighted by molar-refractivity contribution is 0.0696. The Morgan fingerprint density at radius 1 is 1.28 bits per heavy atom. The molecule has 1 fully saturated rings. The zero-order valence-corrected chi connectivity index (χ0v) is 16.4. The van der Waals surface area contributed by atoms with Gasteiger partial charge in [-0.05, 0) is 56.0 Å². The van der Waals surface area contributed by atoms with E-state index in [0.717, 1.165) is 34.6 Å². The SMILES string of the molecule is CCn1c(-c2cc3cccnc3n2CC2CC2)nc2cc(C(=O)O)cc(OC)c21. The van der Waals surface area contributed by atoms with E-state index < -0.39 is 5.97 Å². The van der Waals surface area contributed by atoms with E-state index in [2.05, 4.69) is 33.2 Å². The molecule has 7 heteroatoms. The van der Waals surface area contributed by atoms with Crippen molar-refractivity contribution >= 4 is 28.0 Å². The number of aryl methyl sites for hydroxylation is 1. The van der Waals surface area contributed by atoms with Crippen LogP contribution in [-0.2, 0) is 13.1 Å². The molecular weight excluding hydrogens is 368 g/mol. The van der Waals surface area contributed by atoms with E-state index in [1.165, 1.54) is 12.8 Å². The first-order valence-corrected chi connectivity index (χ1v) is 9.87. The Bertz CT molecular complexity index is 1250. The Hall–Kier alpha value is -3.35. The smallest absolute Gasteiger partial charge is 0.335 e. The van der Waals surface area contributed by atoms with Gasteiger partial charge in [-0.15, -0.1) is 0 Å². The van der Waals surface area contributed by atoms with Gasteiger partial charge in [0.05, 0.1) is 23.9 Å². The number of ether oxygens (including phenoxy) is 1. The number of rotatable bonds is 6. The van der Waals surface area contributed by atoms with Crippen LogP contribution in [0.2, 0.25) is 0 Å². The van der Waals surface area contributed by atoms with E-state index in [1.807, 2.05) is 12.3 Å². The van der Waals surface area contributed by atoms with Crippen molar-refractivity contribution in [1.29, 1.82) is 0 Å². The number of fused-ring (bicyclic) bond motifs is 2. The van der Waals surface area contributed by atoms with E-state index in [9.17, 15) is 9.90 Å². The number of nitrogens with zero attached hydrogens (tertiary/aromatic N) is 4. The van der Waals surface area contributed by atoms with Crippen LogP contribution >= 0.6 is 0 Å². The maximum Gasteiger partial charge on any atom is 0.335 e. The molecule has 0 unspecified atom stereocenters. The van der Waals surface area contributed by atoms with Gasteiger partial charge in [0.1, 0.15) is 16.9 Å². The molecule has 0 spiro atoms. The molecule has 1 saturated carbocycles. The van der Waals surface area contributed by atoms with Crippen LogP contribution in [0.3, 0.4) is 0 Å². The summed E-state index contributed by atoms with van der Waals surface area (Å²) < 4.78 is 9.88. The van der Waals surface area contributed by atoms with Gasteiger partial charge >= 0.3 is 5.97 Å². The largest absolute Gasteiger partial charge is 0.494 e. The number of imidazole rings is 1. The maximum atomic E-state index is 11.5. The topological polar surface area (TPSA) is 82.2 Å². The number of methoxy groups -OCH3 is 1. The van der Waals surface area contributed by atoms with Gasteiger partial charge in [-0.25, -0.2) is 14.8 Å². The number of pyridine rings is 1. The van der Waals surface area contributed by atoms with Crippen LogP contribution in [0.15, 0.2) is 36.5 Å². The third-order valence-corrected chi connectivity index (χ3v) is 5.61. The van der Waals surface area contributed by atoms with Crippen LogP contribution < -0.4 is 4.74 Å². The van der Waals surface area contributed by atoms with Crippen molar-refractivity contribution in [2.45, 2.75) is 32.9 Å². The Morgan fingerprint density at radius 3 is 2.79 bits per heavy atom. The van der Waals surface area contributed by atoms with Gasteiger partial charge in [-0.3, -0.25) is 0 Å². The molecule has 0 amide bonds. The Morgan fingerprint density at radius 2 is 2.10 bits per heavy atom. The second kappa shape index (κ2) is 6.62. The predicted octanol–water partition coefficient (Wildman–Crippen LogP) is 4.19. The lowest BCUT2D eigenvalue weighted by Crippen LogP contribution is -2.07. The fraction of sp³-hybridized carbons (Fsp3) is 0.318. The summed E-state index contributed by atoms with van der Waals surface area (Å²) in [5, 5.41) is 10.5. The first-order valence-electron chi connectivity index (χ1n) is 9.87. The highest BCUT2D eigenvalue weighted by molar-refractivity contribution is 5.96. The highest BCUT2D eigenvalue weighted by atomic mass is 16.5. The van der Waals surface area contributed by atoms with Crippen molar-refractivity contribution in [2.24, 2.45) is 5.92 Å². The number of carbonyl (C=O) groups is 1. The fourth-order valence-electron chi connectivity index (χ4n) is 4.03. The fourth-order valence-corrected chi connectivity index (χ4v) is 4.03. The Kier molecular flexibility index (Phi) is 4.04. The summed E-state index contributed by atoms with van der Waals surface area (Å²) in [6, 6.07) is 9.31. The van der Waals surface area contributed by atoms with Crippen molar-refractivity contribution in [2.75, 3.05) is 7.11 Å². The van der Waals surface area contributed by atoms with Crippen molar-refractivity contribution in [1.82, 2.24) is 19.1 Å². The van der Waals surface area contributed by atoms with Gasteiger partial charge < -0.3 is 19.0 Å². The molecule has 1 N–H and O–H groups in total. The van der Waals surface area contributed by atoms with Gasteiger partial charge in [0.2, 0.25) is 0 Å². The van der Waals surface area contributed by atoms with Crippen LogP contribution in [-0.4, -0.2) is 37.3 Å². The van der Waals surface area contributed by atoms with E-state index in [-0.39, 0.29) is 5.56 Å². The summed E-state index contributed by atoms with van der Waals surface area (Å²) in [7, 11) is 1.56. The van der Waals surface area contributed by atoms with Crippen LogP contribution in [0.1, 0.15) is 30.1 Å². The number of hydrogen-bond acceptors (Lipinski definition) is 4. The molecular formula is C22H22N4O3. The number of hydrogen-bond donors (Lipinski definition) is 1. The van der Waals surface area contributed by atoms with Gasteiger partial charge in [-0.1, -0.05) is 0 Å². The van der Waals surface area contributed by atoms with Crippen molar-refractivity contribution in [3.8, 4) is 17.3 Å². The average molecular weight is 390 g/mol. The molecule has 4 aromatic rings. The van der Waals surface area contributed by atoms with E-state index in [0.29, 0.717) is 23.7 Å². The van der Waals surface area contributed by atoms with Crippen molar-refractivity contribution in [3.63, 3.8) is 0 Å². The molecule has 0 atom stereocenters. The summed E-state index contributed by atoms with van der Waals surface area (Å²) >= 11 is 0. The molecule has 29 heavy (non-hydrogen) atoms. The second-order valence-electron chi connectivity index (χ2n) is 7.53. The lowest BCUT2D eigenvalue weighted by atomic mass is 10.2. The quantitative estimate of drug-likeness (QED) is 0.534. The number of aromatic carboxylic acids is 1. The lowest BCUT2D eigenvalue weighted by Gasteiger charge is -2.12. The molecule has 1 aromatic carbocycles. The maximum absolute atomic E-state index is 11.5. The third-order valence-electron chi connectivity index (χ3n) is 5.61. The van der Waals surface area contributed by atoms with Crippen LogP contribution in [0.4, 0.5) is 0 Å². The minimum absolute atomic E-state index is 0.168. The first kappa shape index (κ1) is 17.7. The highest BCUT2D eigenvalue weighted by Crippen LogP contribution is 2.37. The number of aromatic nitrogens is 4. The number of carboxylic acid groups (broad SMARTS) is 1. The van der Waals surface area contributed by atoms with E-state index >= 15 is 0 Å². The van der Waals surface area contributed by atoms with Gasteiger partial charge in [-0.2, -0.15) is 0 Å². The van der Waals surface area contributed by atoms with E-state index in [1.54, 1.807) is 19.2 Å². The summed E-state index contributed by atoms with van der Waals surface area (Å²) in [5.41, 5.74) is 3.56. The average Bonchev–Trinajstić information content (AvgIpc) is 3.36. The molecule has 1 aliphatic rings. The predicted molar refractivity (Wildman–Crippen MR) is 110 cm³/mol. The summed E-state index contributed by atoms with van der Waals surface area (Å²) in [6.45, 7) is 3.66. The molecule has 1 aliphatic carbocycles. The monoisotopic (exact) mass is 390 g/mol. The van der Waals surface area contributed by atoms with Crippen LogP contribution in [0.5, 0.6) is 5.75 Å². The molecule has 0 bridgehead atoms. The van der Waals surface area contributed by atoms with E-state index in [4.69, 9.17) is 9.72 Å². The van der Waals surface area contributed by atoms with Crippen molar-refractivity contribution < 1.29 is 14.6 Å². The van der Waals surface area contributed by atoms with Crippen LogP contribution in [0, 0.1) is 5.92 Å². The normalized spacial score (nSPS) is 14.0. The molecule has 3 heterocycles. The second-order valence-corrected chi connectivity index (χ2v) is 7.53.